The summed E-state index contributed by atoms with van der Waals surface area (Å²) in [6.07, 6.45) is 0. The van der Waals surface area contributed by atoms with Crippen molar-refractivity contribution < 1.29 is 14.8 Å². The zero-order valence-corrected chi connectivity index (χ0v) is 14.7. The predicted octanol–water partition coefficient (Wildman–Crippen LogP) is 5.95. The molecule has 136 valence electrons. The highest BCUT2D eigenvalue weighted by Gasteiger charge is 2.12. The van der Waals surface area contributed by atoms with Gasteiger partial charge in [0.05, 0.1) is 10.6 Å². The SMILES string of the molecule is O=[N+]([O-])c1cc(N=Nc2cc(OCc3ccccc3)ccc2O)ccc1Cl. The lowest BCUT2D eigenvalue weighted by molar-refractivity contribution is -0.384. The molecule has 1 N–H and O–H groups in total. The Morgan fingerprint density at radius 1 is 1.04 bits per heavy atom. The van der Waals surface area contributed by atoms with Crippen molar-refractivity contribution in [2.45, 2.75) is 6.61 Å². The Balaban J connectivity index is 1.77. The number of aromatic hydroxyl groups is 1. The van der Waals surface area contributed by atoms with E-state index in [9.17, 15) is 15.2 Å². The van der Waals surface area contributed by atoms with Gasteiger partial charge in [-0.15, -0.1) is 5.11 Å². The molecular formula is C19H14ClN3O4. The fourth-order valence-corrected chi connectivity index (χ4v) is 2.42. The summed E-state index contributed by atoms with van der Waals surface area (Å²) < 4.78 is 5.69. The maximum atomic E-state index is 10.9. The fraction of sp³-hybridized carbons (Fsp3) is 0.0526. The van der Waals surface area contributed by atoms with Crippen LogP contribution >= 0.6 is 11.6 Å². The van der Waals surface area contributed by atoms with Crippen LogP contribution in [0.5, 0.6) is 11.5 Å². The van der Waals surface area contributed by atoms with E-state index in [-0.39, 0.29) is 27.8 Å². The van der Waals surface area contributed by atoms with Crippen LogP contribution in [-0.2, 0) is 6.61 Å². The van der Waals surface area contributed by atoms with Gasteiger partial charge in [-0.05, 0) is 29.8 Å². The van der Waals surface area contributed by atoms with Crippen molar-refractivity contribution in [3.63, 3.8) is 0 Å². The minimum Gasteiger partial charge on any atom is -0.506 e. The molecule has 3 rings (SSSR count). The van der Waals surface area contributed by atoms with Crippen molar-refractivity contribution >= 4 is 28.7 Å². The quantitative estimate of drug-likeness (QED) is 0.323. The number of phenols is 1. The van der Waals surface area contributed by atoms with Crippen LogP contribution < -0.4 is 4.74 Å². The summed E-state index contributed by atoms with van der Waals surface area (Å²) in [6, 6.07) is 18.3. The van der Waals surface area contributed by atoms with Gasteiger partial charge in [0.2, 0.25) is 0 Å². The summed E-state index contributed by atoms with van der Waals surface area (Å²) in [5.41, 5.74) is 1.15. The van der Waals surface area contributed by atoms with Crippen LogP contribution in [0.15, 0.2) is 77.0 Å². The molecule has 0 spiro atoms. The molecule has 0 atom stereocenters. The molecule has 0 aliphatic heterocycles. The van der Waals surface area contributed by atoms with Crippen molar-refractivity contribution in [3.05, 3.63) is 87.4 Å². The summed E-state index contributed by atoms with van der Waals surface area (Å²) in [5, 5.41) is 28.8. The number of rotatable bonds is 6. The molecule has 27 heavy (non-hydrogen) atoms. The summed E-state index contributed by atoms with van der Waals surface area (Å²) in [4.78, 5) is 10.3. The monoisotopic (exact) mass is 383 g/mol. The second kappa shape index (κ2) is 8.29. The average Bonchev–Trinajstić information content (AvgIpc) is 2.68. The zero-order valence-electron chi connectivity index (χ0n) is 13.9. The van der Waals surface area contributed by atoms with Crippen LogP contribution in [0.4, 0.5) is 17.1 Å². The van der Waals surface area contributed by atoms with Gasteiger partial charge < -0.3 is 9.84 Å². The van der Waals surface area contributed by atoms with E-state index in [1.807, 2.05) is 30.3 Å². The highest BCUT2D eigenvalue weighted by atomic mass is 35.5. The molecule has 0 saturated carbocycles. The third kappa shape index (κ3) is 4.80. The Labute approximate surface area is 159 Å². The molecule has 0 radical (unpaired) electrons. The Morgan fingerprint density at radius 3 is 2.56 bits per heavy atom. The number of hydrogen-bond acceptors (Lipinski definition) is 6. The number of ether oxygens (including phenoxy) is 1. The first kappa shape index (κ1) is 18.3. The van der Waals surface area contributed by atoms with Crippen LogP contribution in [0.1, 0.15) is 5.56 Å². The molecule has 3 aromatic rings. The van der Waals surface area contributed by atoms with Gasteiger partial charge in [-0.3, -0.25) is 10.1 Å². The molecule has 0 aliphatic rings. The molecule has 0 bridgehead atoms. The van der Waals surface area contributed by atoms with E-state index in [1.165, 1.54) is 30.3 Å². The number of nitrogens with zero attached hydrogens (tertiary/aromatic N) is 3. The lowest BCUT2D eigenvalue weighted by atomic mass is 10.2. The smallest absolute Gasteiger partial charge is 0.290 e. The first-order valence-corrected chi connectivity index (χ1v) is 8.26. The highest BCUT2D eigenvalue weighted by molar-refractivity contribution is 6.32. The third-order valence-electron chi connectivity index (χ3n) is 3.59. The number of benzene rings is 3. The van der Waals surface area contributed by atoms with Crippen molar-refractivity contribution in [1.82, 2.24) is 0 Å². The Hall–Kier alpha value is -3.45. The third-order valence-corrected chi connectivity index (χ3v) is 3.91. The standard InChI is InChI=1S/C19H14ClN3O4/c20-16-8-6-14(10-18(16)23(25)26)21-22-17-11-15(7-9-19(17)24)27-12-13-4-2-1-3-5-13/h1-11,24H,12H2. The largest absolute Gasteiger partial charge is 0.506 e. The molecule has 0 aliphatic carbocycles. The number of halogens is 1. The van der Waals surface area contributed by atoms with Gasteiger partial charge in [-0.25, -0.2) is 0 Å². The number of azo groups is 1. The van der Waals surface area contributed by atoms with Gasteiger partial charge in [0.15, 0.2) is 0 Å². The normalized spacial score (nSPS) is 10.9. The van der Waals surface area contributed by atoms with E-state index < -0.39 is 4.92 Å². The summed E-state index contributed by atoms with van der Waals surface area (Å²) in [5.74, 6) is 0.418. The lowest BCUT2D eigenvalue weighted by Crippen LogP contribution is -1.94. The number of nitro groups is 1. The lowest BCUT2D eigenvalue weighted by Gasteiger charge is -2.07. The van der Waals surface area contributed by atoms with Crippen LogP contribution in [0.3, 0.4) is 0 Å². The average molecular weight is 384 g/mol. The maximum Gasteiger partial charge on any atom is 0.290 e. The summed E-state index contributed by atoms with van der Waals surface area (Å²) in [7, 11) is 0. The molecule has 0 amide bonds. The van der Waals surface area contributed by atoms with Gasteiger partial charge in [0.1, 0.15) is 28.8 Å². The Morgan fingerprint density at radius 2 is 1.81 bits per heavy atom. The van der Waals surface area contributed by atoms with E-state index in [1.54, 1.807) is 6.07 Å². The number of phenolic OH excluding ortho intramolecular Hbond substituents is 1. The van der Waals surface area contributed by atoms with Gasteiger partial charge in [0, 0.05) is 12.1 Å². The molecule has 3 aromatic carbocycles. The van der Waals surface area contributed by atoms with Gasteiger partial charge in [-0.2, -0.15) is 5.11 Å². The molecule has 8 heteroatoms. The molecule has 0 saturated heterocycles. The van der Waals surface area contributed by atoms with Crippen molar-refractivity contribution in [3.8, 4) is 11.5 Å². The first-order chi connectivity index (χ1) is 13.0. The van der Waals surface area contributed by atoms with E-state index in [0.717, 1.165) is 5.56 Å². The second-order valence-electron chi connectivity index (χ2n) is 5.52. The fourth-order valence-electron chi connectivity index (χ4n) is 2.23. The highest BCUT2D eigenvalue weighted by Crippen LogP contribution is 2.34. The minimum absolute atomic E-state index is 0.0121. The number of nitro benzene ring substituents is 1. The predicted molar refractivity (Wildman–Crippen MR) is 101 cm³/mol. The van der Waals surface area contributed by atoms with Crippen LogP contribution in [0.25, 0.3) is 0 Å². The van der Waals surface area contributed by atoms with Gasteiger partial charge in [-0.1, -0.05) is 41.9 Å². The topological polar surface area (TPSA) is 97.3 Å². The molecule has 0 fully saturated rings. The minimum atomic E-state index is -0.600. The second-order valence-corrected chi connectivity index (χ2v) is 5.92. The first-order valence-electron chi connectivity index (χ1n) is 7.88. The summed E-state index contributed by atoms with van der Waals surface area (Å²) in [6.45, 7) is 0.367. The molecule has 7 nitrogen and oxygen atoms in total. The van der Waals surface area contributed by atoms with Crippen molar-refractivity contribution in [1.29, 1.82) is 0 Å². The van der Waals surface area contributed by atoms with Crippen LogP contribution in [0.2, 0.25) is 5.02 Å². The summed E-state index contributed by atoms with van der Waals surface area (Å²) >= 11 is 5.77. The van der Waals surface area contributed by atoms with E-state index in [0.29, 0.717) is 12.4 Å². The maximum absolute atomic E-state index is 10.9. The van der Waals surface area contributed by atoms with E-state index >= 15 is 0 Å². The zero-order chi connectivity index (χ0) is 19.2. The van der Waals surface area contributed by atoms with Crippen LogP contribution in [0, 0.1) is 10.1 Å². The van der Waals surface area contributed by atoms with Crippen LogP contribution in [-0.4, -0.2) is 10.0 Å². The molecular weight excluding hydrogens is 370 g/mol. The Bertz CT molecular complexity index is 993. The Kier molecular flexibility index (Phi) is 5.63. The molecule has 0 unspecified atom stereocenters. The van der Waals surface area contributed by atoms with Gasteiger partial charge >= 0.3 is 0 Å². The molecule has 0 heterocycles. The van der Waals surface area contributed by atoms with Crippen molar-refractivity contribution in [2.75, 3.05) is 0 Å². The van der Waals surface area contributed by atoms with E-state index in [4.69, 9.17) is 16.3 Å². The van der Waals surface area contributed by atoms with E-state index in [2.05, 4.69) is 10.2 Å². The molecule has 0 aromatic heterocycles. The van der Waals surface area contributed by atoms with Gasteiger partial charge in [0.25, 0.3) is 5.69 Å². The van der Waals surface area contributed by atoms with Crippen molar-refractivity contribution in [2.24, 2.45) is 10.2 Å². The number of hydrogen-bond donors (Lipinski definition) is 1.